The van der Waals surface area contributed by atoms with E-state index < -0.39 is 27.9 Å². The lowest BCUT2D eigenvalue weighted by Gasteiger charge is -2.15. The fourth-order valence-electron chi connectivity index (χ4n) is 1.61. The number of ether oxygens (including phenoxy) is 1. The van der Waals surface area contributed by atoms with Gasteiger partial charge in [0.25, 0.3) is 0 Å². The predicted octanol–water partition coefficient (Wildman–Crippen LogP) is 0.492. The Morgan fingerprint density at radius 1 is 1.20 bits per heavy atom. The molecule has 4 N–H and O–H groups in total. The smallest absolute Gasteiger partial charge is 0.405 e. The van der Waals surface area contributed by atoms with Crippen LogP contribution in [0.4, 0.5) is 4.79 Å². The minimum atomic E-state index is -3.31. The van der Waals surface area contributed by atoms with E-state index in [1.165, 1.54) is 31.2 Å². The summed E-state index contributed by atoms with van der Waals surface area (Å²) < 4.78 is 28.1. The number of sulfone groups is 1. The molecule has 0 heterocycles. The topological polar surface area (TPSA) is 130 Å². The van der Waals surface area contributed by atoms with Gasteiger partial charge in [-0.05, 0) is 17.7 Å². The first-order valence-corrected chi connectivity index (χ1v) is 7.48. The third kappa shape index (κ3) is 4.23. The Bertz CT molecular complexity index is 579. The molecular weight excluding hydrogens is 284 g/mol. The molecule has 20 heavy (non-hydrogen) atoms. The number of amides is 2. The number of primary amides is 2. The fraction of sp³-hybridized carbons (Fsp3) is 0.333. The van der Waals surface area contributed by atoms with Crippen LogP contribution in [0.15, 0.2) is 29.2 Å². The lowest BCUT2D eigenvalue weighted by atomic mass is 10.1. The normalized spacial score (nSPS) is 12.7. The van der Waals surface area contributed by atoms with Crippen molar-refractivity contribution < 1.29 is 22.7 Å². The second kappa shape index (κ2) is 6.38. The molecule has 0 aliphatic rings. The summed E-state index contributed by atoms with van der Waals surface area (Å²) in [4.78, 5) is 21.9. The predicted molar refractivity (Wildman–Crippen MR) is 71.4 cm³/mol. The third-order valence-corrected chi connectivity index (χ3v) is 4.39. The van der Waals surface area contributed by atoms with Crippen molar-refractivity contribution in [3.63, 3.8) is 0 Å². The van der Waals surface area contributed by atoms with Gasteiger partial charge >= 0.3 is 6.09 Å². The maximum atomic E-state index is 11.7. The Morgan fingerprint density at radius 2 is 1.75 bits per heavy atom. The van der Waals surface area contributed by atoms with Gasteiger partial charge in [-0.2, -0.15) is 0 Å². The van der Waals surface area contributed by atoms with Crippen molar-refractivity contribution >= 4 is 21.8 Å². The molecular formula is C12H16N2O5S. The van der Waals surface area contributed by atoms with Gasteiger partial charge in [-0.25, -0.2) is 13.2 Å². The Balaban J connectivity index is 3.04. The molecule has 2 amide bonds. The summed E-state index contributed by atoms with van der Waals surface area (Å²) in [6, 6.07) is 5.68. The van der Waals surface area contributed by atoms with Crippen molar-refractivity contribution in [1.82, 2.24) is 0 Å². The molecule has 8 heteroatoms. The van der Waals surface area contributed by atoms with E-state index in [4.69, 9.17) is 16.2 Å². The average Bonchev–Trinajstić information content (AvgIpc) is 2.37. The van der Waals surface area contributed by atoms with Gasteiger partial charge in [-0.1, -0.05) is 19.1 Å². The molecule has 0 radical (unpaired) electrons. The SMILES string of the molecule is CCS(=O)(=O)c1ccc(C(CC(N)=O)OC(N)=O)cc1. The van der Waals surface area contributed by atoms with Crippen molar-refractivity contribution in [3.8, 4) is 0 Å². The molecule has 0 fully saturated rings. The van der Waals surface area contributed by atoms with Crippen LogP contribution in [0, 0.1) is 0 Å². The van der Waals surface area contributed by atoms with Crippen LogP contribution in [-0.2, 0) is 19.4 Å². The lowest BCUT2D eigenvalue weighted by Crippen LogP contribution is -2.22. The molecule has 1 rings (SSSR count). The summed E-state index contributed by atoms with van der Waals surface area (Å²) in [5, 5.41) is 0. The number of carbonyl (C=O) groups excluding carboxylic acids is 2. The van der Waals surface area contributed by atoms with Crippen LogP contribution in [0.25, 0.3) is 0 Å². The van der Waals surface area contributed by atoms with Gasteiger partial charge in [-0.3, -0.25) is 4.79 Å². The molecule has 0 bridgehead atoms. The van der Waals surface area contributed by atoms with E-state index >= 15 is 0 Å². The van der Waals surface area contributed by atoms with Gasteiger partial charge in [0.2, 0.25) is 5.91 Å². The molecule has 0 saturated carbocycles. The quantitative estimate of drug-likeness (QED) is 0.789. The highest BCUT2D eigenvalue weighted by Gasteiger charge is 2.19. The van der Waals surface area contributed by atoms with Crippen LogP contribution in [0.1, 0.15) is 25.0 Å². The second-order valence-electron chi connectivity index (χ2n) is 4.07. The van der Waals surface area contributed by atoms with E-state index in [2.05, 4.69) is 0 Å². The number of hydrogen-bond acceptors (Lipinski definition) is 5. The Hall–Kier alpha value is -2.09. The van der Waals surface area contributed by atoms with Gasteiger partial charge in [-0.15, -0.1) is 0 Å². The van der Waals surface area contributed by atoms with Crippen molar-refractivity contribution in [2.24, 2.45) is 11.5 Å². The monoisotopic (exact) mass is 300 g/mol. The van der Waals surface area contributed by atoms with Crippen LogP contribution >= 0.6 is 0 Å². The largest absolute Gasteiger partial charge is 0.441 e. The summed E-state index contributed by atoms with van der Waals surface area (Å²) in [5.41, 5.74) is 10.4. The Kier molecular flexibility index (Phi) is 5.09. The fourth-order valence-corrected chi connectivity index (χ4v) is 2.49. The highest BCUT2D eigenvalue weighted by atomic mass is 32.2. The zero-order chi connectivity index (χ0) is 15.3. The van der Waals surface area contributed by atoms with E-state index in [1.807, 2.05) is 0 Å². The van der Waals surface area contributed by atoms with Gasteiger partial charge < -0.3 is 16.2 Å². The number of hydrogen-bond donors (Lipinski definition) is 2. The van der Waals surface area contributed by atoms with E-state index in [0.717, 1.165) is 0 Å². The minimum absolute atomic E-state index is 0.0190. The maximum absolute atomic E-state index is 11.7. The van der Waals surface area contributed by atoms with Gasteiger partial charge in [0.05, 0.1) is 17.1 Å². The number of rotatable bonds is 6. The highest BCUT2D eigenvalue weighted by molar-refractivity contribution is 7.91. The summed E-state index contributed by atoms with van der Waals surface area (Å²) in [7, 11) is -3.31. The van der Waals surface area contributed by atoms with Crippen molar-refractivity contribution in [1.29, 1.82) is 0 Å². The van der Waals surface area contributed by atoms with Crippen molar-refractivity contribution in [2.45, 2.75) is 24.3 Å². The minimum Gasteiger partial charge on any atom is -0.441 e. The van der Waals surface area contributed by atoms with Crippen LogP contribution in [0.5, 0.6) is 0 Å². The molecule has 0 aliphatic heterocycles. The average molecular weight is 300 g/mol. The van der Waals surface area contributed by atoms with E-state index in [1.54, 1.807) is 0 Å². The van der Waals surface area contributed by atoms with Crippen molar-refractivity contribution in [3.05, 3.63) is 29.8 Å². The summed E-state index contributed by atoms with van der Waals surface area (Å²) in [6.45, 7) is 1.54. The zero-order valence-corrected chi connectivity index (χ0v) is 11.7. The van der Waals surface area contributed by atoms with E-state index in [0.29, 0.717) is 5.56 Å². The number of carbonyl (C=O) groups is 2. The second-order valence-corrected chi connectivity index (χ2v) is 6.35. The summed E-state index contributed by atoms with van der Waals surface area (Å²) >= 11 is 0. The first-order chi connectivity index (χ1) is 9.26. The van der Waals surface area contributed by atoms with Crippen LogP contribution in [0.3, 0.4) is 0 Å². The molecule has 1 aromatic rings. The number of benzene rings is 1. The Morgan fingerprint density at radius 3 is 2.15 bits per heavy atom. The molecule has 1 unspecified atom stereocenters. The standard InChI is InChI=1S/C12H16N2O5S/c1-2-20(17,18)9-5-3-8(4-6-9)10(7-11(13)15)19-12(14)16/h3-6,10H,2,7H2,1H3,(H2,13,15)(H2,14,16). The highest BCUT2D eigenvalue weighted by Crippen LogP contribution is 2.23. The maximum Gasteiger partial charge on any atom is 0.405 e. The lowest BCUT2D eigenvalue weighted by molar-refractivity contribution is -0.119. The first-order valence-electron chi connectivity index (χ1n) is 5.83. The summed E-state index contributed by atoms with van der Waals surface area (Å²) in [5.74, 6) is -0.684. The molecule has 0 aliphatic carbocycles. The molecule has 1 aromatic carbocycles. The van der Waals surface area contributed by atoms with Gasteiger partial charge in [0.15, 0.2) is 9.84 Å². The van der Waals surface area contributed by atoms with Gasteiger partial charge in [0.1, 0.15) is 6.10 Å². The first kappa shape index (κ1) is 16.0. The Labute approximate surface area is 116 Å². The molecule has 7 nitrogen and oxygen atoms in total. The van der Waals surface area contributed by atoms with E-state index in [-0.39, 0.29) is 17.1 Å². The van der Waals surface area contributed by atoms with Crippen molar-refractivity contribution in [2.75, 3.05) is 5.75 Å². The number of nitrogens with two attached hydrogens (primary N) is 2. The van der Waals surface area contributed by atoms with Gasteiger partial charge in [0, 0.05) is 0 Å². The van der Waals surface area contributed by atoms with Crippen LogP contribution < -0.4 is 11.5 Å². The zero-order valence-electron chi connectivity index (χ0n) is 10.9. The molecule has 0 aromatic heterocycles. The molecule has 0 saturated heterocycles. The molecule has 1 atom stereocenters. The van der Waals surface area contributed by atoms with Crippen LogP contribution in [0.2, 0.25) is 0 Å². The van der Waals surface area contributed by atoms with Crippen LogP contribution in [-0.4, -0.2) is 26.2 Å². The van der Waals surface area contributed by atoms with E-state index in [9.17, 15) is 18.0 Å². The molecule has 0 spiro atoms. The summed E-state index contributed by atoms with van der Waals surface area (Å²) in [6.07, 6.45) is -2.20. The third-order valence-electron chi connectivity index (χ3n) is 2.64. The molecule has 110 valence electrons.